The van der Waals surface area contributed by atoms with Crippen molar-refractivity contribution in [2.75, 3.05) is 19.9 Å². The number of carbonyl (C=O) groups excluding carboxylic acids is 3. The quantitative estimate of drug-likeness (QED) is 0.350. The third-order valence-corrected chi connectivity index (χ3v) is 6.92. The summed E-state index contributed by atoms with van der Waals surface area (Å²) in [4.78, 5) is 39.5. The van der Waals surface area contributed by atoms with Gasteiger partial charge in [0.2, 0.25) is 12.7 Å². The van der Waals surface area contributed by atoms with Crippen molar-refractivity contribution in [2.45, 2.75) is 64.4 Å². The molecule has 0 aromatic heterocycles. The SMILES string of the molecule is CC(O)C1C(=O)N2C(C(=O)OCOC(=O)C(C)(C)C)=C(SC3CCNCC3)C[C@H]12.Cl. The molecule has 0 spiro atoms. The molecule has 0 bridgehead atoms. The van der Waals surface area contributed by atoms with Crippen LogP contribution in [-0.4, -0.2) is 65.1 Å². The van der Waals surface area contributed by atoms with E-state index in [0.717, 1.165) is 30.8 Å². The molecule has 0 aromatic rings. The summed E-state index contributed by atoms with van der Waals surface area (Å²) >= 11 is 1.63. The van der Waals surface area contributed by atoms with Crippen LogP contribution in [0.4, 0.5) is 0 Å². The topological polar surface area (TPSA) is 105 Å². The minimum absolute atomic E-state index is 0. The minimum Gasteiger partial charge on any atom is -0.427 e. The Kier molecular flexibility index (Phi) is 8.23. The fraction of sp³-hybridized carbons (Fsp3) is 0.750. The molecule has 2 fully saturated rings. The van der Waals surface area contributed by atoms with Gasteiger partial charge in [-0.3, -0.25) is 9.59 Å². The van der Waals surface area contributed by atoms with E-state index in [1.54, 1.807) is 39.5 Å². The van der Waals surface area contributed by atoms with Gasteiger partial charge in [0.25, 0.3) is 0 Å². The molecule has 2 unspecified atom stereocenters. The van der Waals surface area contributed by atoms with E-state index in [1.807, 2.05) is 0 Å². The second-order valence-corrected chi connectivity index (χ2v) is 10.2. The Morgan fingerprint density at radius 3 is 2.47 bits per heavy atom. The van der Waals surface area contributed by atoms with E-state index >= 15 is 0 Å². The monoisotopic (exact) mass is 462 g/mol. The van der Waals surface area contributed by atoms with E-state index < -0.39 is 36.2 Å². The molecule has 2 saturated heterocycles. The van der Waals surface area contributed by atoms with Gasteiger partial charge in [-0.2, -0.15) is 0 Å². The predicted octanol–water partition coefficient (Wildman–Crippen LogP) is 1.81. The molecule has 8 nitrogen and oxygen atoms in total. The highest BCUT2D eigenvalue weighted by atomic mass is 35.5. The highest BCUT2D eigenvalue weighted by Crippen LogP contribution is 2.48. The molecule has 3 aliphatic heterocycles. The van der Waals surface area contributed by atoms with Gasteiger partial charge in [-0.25, -0.2) is 4.79 Å². The molecular formula is C20H31ClN2O6S. The van der Waals surface area contributed by atoms with Crippen LogP contribution < -0.4 is 5.32 Å². The zero-order valence-electron chi connectivity index (χ0n) is 17.8. The number of piperidine rings is 1. The second-order valence-electron chi connectivity index (χ2n) is 8.82. The fourth-order valence-corrected chi connectivity index (χ4v) is 5.30. The number of carbonyl (C=O) groups is 3. The molecule has 3 aliphatic rings. The maximum atomic E-state index is 12.8. The summed E-state index contributed by atoms with van der Waals surface area (Å²) < 4.78 is 10.2. The van der Waals surface area contributed by atoms with E-state index in [9.17, 15) is 19.5 Å². The molecule has 0 aromatic carbocycles. The van der Waals surface area contributed by atoms with Crippen LogP contribution in [0.3, 0.4) is 0 Å². The summed E-state index contributed by atoms with van der Waals surface area (Å²) in [5, 5.41) is 13.6. The Bertz CT molecular complexity index is 715. The van der Waals surface area contributed by atoms with Gasteiger partial charge < -0.3 is 24.8 Å². The summed E-state index contributed by atoms with van der Waals surface area (Å²) in [6.07, 6.45) is 1.75. The molecule has 170 valence electrons. The smallest absolute Gasteiger partial charge is 0.358 e. The number of esters is 2. The van der Waals surface area contributed by atoms with Crippen LogP contribution in [0.1, 0.15) is 47.0 Å². The van der Waals surface area contributed by atoms with Crippen LogP contribution in [0.2, 0.25) is 0 Å². The lowest BCUT2D eigenvalue weighted by molar-refractivity contribution is -0.175. The Balaban J connectivity index is 0.00000320. The average Bonchev–Trinajstić information content (AvgIpc) is 2.95. The average molecular weight is 463 g/mol. The van der Waals surface area contributed by atoms with Gasteiger partial charge in [0.05, 0.1) is 23.5 Å². The largest absolute Gasteiger partial charge is 0.427 e. The summed E-state index contributed by atoms with van der Waals surface area (Å²) in [5.41, 5.74) is -0.454. The normalized spacial score (nSPS) is 25.2. The van der Waals surface area contributed by atoms with Crippen molar-refractivity contribution in [3.05, 3.63) is 10.6 Å². The Labute approximate surface area is 187 Å². The second kappa shape index (κ2) is 9.89. The zero-order chi connectivity index (χ0) is 21.3. The summed E-state index contributed by atoms with van der Waals surface area (Å²) in [6, 6.07) is -0.216. The number of halogens is 1. The molecule has 3 rings (SSSR count). The molecule has 3 atom stereocenters. The minimum atomic E-state index is -0.767. The molecule has 10 heteroatoms. The van der Waals surface area contributed by atoms with Crippen molar-refractivity contribution in [1.82, 2.24) is 10.2 Å². The number of amides is 1. The van der Waals surface area contributed by atoms with Crippen LogP contribution in [0.15, 0.2) is 10.6 Å². The molecule has 0 radical (unpaired) electrons. The van der Waals surface area contributed by atoms with Crippen LogP contribution in [0.5, 0.6) is 0 Å². The number of nitrogens with zero attached hydrogens (tertiary/aromatic N) is 1. The number of ether oxygens (including phenoxy) is 2. The number of thioether (sulfide) groups is 1. The van der Waals surface area contributed by atoms with Gasteiger partial charge in [-0.05, 0) is 53.6 Å². The van der Waals surface area contributed by atoms with Crippen molar-refractivity contribution < 1.29 is 29.0 Å². The van der Waals surface area contributed by atoms with E-state index in [-0.39, 0.29) is 30.1 Å². The van der Waals surface area contributed by atoms with Crippen molar-refractivity contribution in [3.8, 4) is 0 Å². The van der Waals surface area contributed by atoms with Crippen molar-refractivity contribution in [3.63, 3.8) is 0 Å². The number of aliphatic hydroxyl groups is 1. The van der Waals surface area contributed by atoms with Crippen molar-refractivity contribution >= 4 is 42.0 Å². The number of hydrogen-bond acceptors (Lipinski definition) is 8. The van der Waals surface area contributed by atoms with Crippen molar-refractivity contribution in [2.24, 2.45) is 11.3 Å². The summed E-state index contributed by atoms with van der Waals surface area (Å²) in [5.74, 6) is -1.89. The van der Waals surface area contributed by atoms with Gasteiger partial charge >= 0.3 is 11.9 Å². The Morgan fingerprint density at radius 1 is 1.27 bits per heavy atom. The predicted molar refractivity (Wildman–Crippen MR) is 115 cm³/mol. The first kappa shape index (κ1) is 25.0. The van der Waals surface area contributed by atoms with Crippen LogP contribution in [0, 0.1) is 11.3 Å². The lowest BCUT2D eigenvalue weighted by atomic mass is 9.83. The van der Waals surface area contributed by atoms with Crippen LogP contribution in [0.25, 0.3) is 0 Å². The van der Waals surface area contributed by atoms with E-state index in [4.69, 9.17) is 9.47 Å². The molecular weight excluding hydrogens is 432 g/mol. The lowest BCUT2D eigenvalue weighted by Gasteiger charge is -2.44. The Morgan fingerprint density at radius 2 is 1.90 bits per heavy atom. The molecule has 1 amide bonds. The third kappa shape index (κ3) is 5.12. The molecule has 0 aliphatic carbocycles. The van der Waals surface area contributed by atoms with E-state index in [2.05, 4.69) is 5.32 Å². The maximum Gasteiger partial charge on any atom is 0.358 e. The number of aliphatic hydroxyl groups excluding tert-OH is 1. The summed E-state index contributed by atoms with van der Waals surface area (Å²) in [7, 11) is 0. The van der Waals surface area contributed by atoms with Crippen LogP contribution >= 0.6 is 24.2 Å². The van der Waals surface area contributed by atoms with Crippen LogP contribution in [-0.2, 0) is 23.9 Å². The molecule has 3 heterocycles. The third-order valence-electron chi connectivity index (χ3n) is 5.47. The molecule has 30 heavy (non-hydrogen) atoms. The highest BCUT2D eigenvalue weighted by molar-refractivity contribution is 8.03. The fourth-order valence-electron chi connectivity index (χ4n) is 3.86. The van der Waals surface area contributed by atoms with Gasteiger partial charge in [0, 0.05) is 16.6 Å². The van der Waals surface area contributed by atoms with Gasteiger partial charge in [-0.1, -0.05) is 0 Å². The number of β-lactam (4-membered cyclic amide) rings is 1. The van der Waals surface area contributed by atoms with Crippen molar-refractivity contribution in [1.29, 1.82) is 0 Å². The van der Waals surface area contributed by atoms with Gasteiger partial charge in [0.1, 0.15) is 5.70 Å². The summed E-state index contributed by atoms with van der Waals surface area (Å²) in [6.45, 7) is 8.10. The highest BCUT2D eigenvalue weighted by Gasteiger charge is 2.57. The van der Waals surface area contributed by atoms with Gasteiger partial charge in [0.15, 0.2) is 0 Å². The lowest BCUT2D eigenvalue weighted by Crippen LogP contribution is -2.61. The molecule has 2 N–H and O–H groups in total. The zero-order valence-corrected chi connectivity index (χ0v) is 19.4. The first-order chi connectivity index (χ1) is 13.6. The first-order valence-corrected chi connectivity index (χ1v) is 10.9. The number of nitrogens with one attached hydrogen (secondary N) is 1. The maximum absolute atomic E-state index is 12.8. The number of rotatable bonds is 6. The molecule has 0 saturated carbocycles. The van der Waals surface area contributed by atoms with E-state index in [0.29, 0.717) is 11.7 Å². The number of fused-ring (bicyclic) bond motifs is 1. The van der Waals surface area contributed by atoms with E-state index in [1.165, 1.54) is 4.90 Å². The number of hydrogen-bond donors (Lipinski definition) is 2. The Hall–Kier alpha value is -1.29. The van der Waals surface area contributed by atoms with Gasteiger partial charge in [-0.15, -0.1) is 24.2 Å². The standard InChI is InChI=1S/C20H30N2O6S.ClH/c1-11(23)15-13-9-14(29-12-5-7-21-8-6-12)16(22(13)17(15)24)18(25)27-10-28-19(26)20(2,3)4;/h11-13,15,21,23H,5-10H2,1-4H3;1H/t11?,13-,15?;/m1./s1. The first-order valence-electron chi connectivity index (χ1n) is 10.1.